The largest absolute Gasteiger partial charge is 0.497 e. The molecule has 2 atom stereocenters. The summed E-state index contributed by atoms with van der Waals surface area (Å²) < 4.78 is 15.7. The minimum Gasteiger partial charge on any atom is -0.497 e. The van der Waals surface area contributed by atoms with Gasteiger partial charge in [-0.05, 0) is 35.9 Å². The zero-order chi connectivity index (χ0) is 24.7. The number of hydrogen-bond acceptors (Lipinski definition) is 6. The average Bonchev–Trinajstić information content (AvgIpc) is 2.88. The number of aliphatic carboxylic acids is 1. The maximum absolute atomic E-state index is 13.7. The molecule has 176 valence electrons. The number of carbonyl (C=O) groups excluding carboxylic acids is 2. The molecule has 1 N–H and O–H groups in total. The Morgan fingerprint density at radius 3 is 1.97 bits per heavy atom. The van der Waals surface area contributed by atoms with Gasteiger partial charge < -0.3 is 19.3 Å². The Balaban J connectivity index is 2.06. The third-order valence-electron chi connectivity index (χ3n) is 5.65. The molecule has 7 heteroatoms. The molecule has 0 saturated carbocycles. The van der Waals surface area contributed by atoms with Gasteiger partial charge in [-0.1, -0.05) is 42.5 Å². The number of Topliss-reactive ketones (excluding diaryl/α,β-unsaturated/α-hetero) is 2. The Bertz CT molecular complexity index is 1150. The van der Waals surface area contributed by atoms with Gasteiger partial charge in [0, 0.05) is 17.5 Å². The predicted molar refractivity (Wildman–Crippen MR) is 126 cm³/mol. The third kappa shape index (κ3) is 5.43. The Morgan fingerprint density at radius 1 is 0.765 bits per heavy atom. The quantitative estimate of drug-likeness (QED) is 0.414. The van der Waals surface area contributed by atoms with E-state index in [0.29, 0.717) is 28.4 Å². The van der Waals surface area contributed by atoms with Crippen LogP contribution in [0.1, 0.15) is 38.6 Å². The van der Waals surface area contributed by atoms with Crippen molar-refractivity contribution >= 4 is 17.5 Å². The molecule has 0 aliphatic heterocycles. The Labute approximate surface area is 197 Å². The molecule has 2 unspecified atom stereocenters. The number of methoxy groups -OCH3 is 3. The van der Waals surface area contributed by atoms with Crippen molar-refractivity contribution in [3.05, 3.63) is 89.5 Å². The maximum Gasteiger partial charge on any atom is 0.308 e. The van der Waals surface area contributed by atoms with Crippen LogP contribution in [-0.4, -0.2) is 44.0 Å². The molecule has 0 aromatic heterocycles. The minimum absolute atomic E-state index is 0.247. The second-order valence-corrected chi connectivity index (χ2v) is 7.62. The van der Waals surface area contributed by atoms with Crippen LogP contribution >= 0.6 is 0 Å². The van der Waals surface area contributed by atoms with Crippen LogP contribution in [0.2, 0.25) is 0 Å². The highest BCUT2D eigenvalue weighted by atomic mass is 16.5. The maximum atomic E-state index is 13.7. The summed E-state index contributed by atoms with van der Waals surface area (Å²) in [7, 11) is 4.45. The molecule has 3 aromatic carbocycles. The van der Waals surface area contributed by atoms with Crippen LogP contribution in [0.3, 0.4) is 0 Å². The molecule has 3 rings (SSSR count). The zero-order valence-corrected chi connectivity index (χ0v) is 19.2. The van der Waals surface area contributed by atoms with Crippen LogP contribution in [-0.2, 0) is 4.79 Å². The number of ketones is 2. The van der Waals surface area contributed by atoms with E-state index in [4.69, 9.17) is 14.2 Å². The van der Waals surface area contributed by atoms with Crippen LogP contribution in [0, 0.1) is 5.92 Å². The standard InChI is InChI=1S/C27H26O7/c1-32-20-12-9-18(10-13-20)25(26(29)19-11-14-23(33-2)24(15-19)34-3)21(27(30)31)16-22(28)17-7-5-4-6-8-17/h4-15,21,25H,16H2,1-3H3,(H,30,31). The topological polar surface area (TPSA) is 99.1 Å². The summed E-state index contributed by atoms with van der Waals surface area (Å²) in [4.78, 5) is 39.0. The minimum atomic E-state index is -1.29. The van der Waals surface area contributed by atoms with E-state index >= 15 is 0 Å². The summed E-state index contributed by atoms with van der Waals surface area (Å²) in [5.74, 6) is -3.10. The lowest BCUT2D eigenvalue weighted by atomic mass is 9.77. The lowest BCUT2D eigenvalue weighted by Gasteiger charge is -2.24. The smallest absolute Gasteiger partial charge is 0.308 e. The molecular formula is C27H26O7. The van der Waals surface area contributed by atoms with Crippen LogP contribution in [0.5, 0.6) is 17.2 Å². The van der Waals surface area contributed by atoms with Gasteiger partial charge in [0.15, 0.2) is 23.1 Å². The number of carbonyl (C=O) groups is 3. The SMILES string of the molecule is COc1ccc(C(C(=O)c2ccc(OC)c(OC)c2)C(CC(=O)c2ccccc2)C(=O)O)cc1. The van der Waals surface area contributed by atoms with Gasteiger partial charge in [-0.2, -0.15) is 0 Å². The van der Waals surface area contributed by atoms with Crippen molar-refractivity contribution in [1.82, 2.24) is 0 Å². The van der Waals surface area contributed by atoms with Gasteiger partial charge in [-0.25, -0.2) is 0 Å². The average molecular weight is 462 g/mol. The molecule has 34 heavy (non-hydrogen) atoms. The fraction of sp³-hybridized carbons (Fsp3) is 0.222. The first-order chi connectivity index (χ1) is 16.4. The highest BCUT2D eigenvalue weighted by molar-refractivity contribution is 6.05. The molecule has 0 aliphatic carbocycles. The molecule has 7 nitrogen and oxygen atoms in total. The fourth-order valence-electron chi connectivity index (χ4n) is 3.84. The van der Waals surface area contributed by atoms with Crippen molar-refractivity contribution < 1.29 is 33.7 Å². The molecule has 0 radical (unpaired) electrons. The number of benzene rings is 3. The summed E-state index contributed by atoms with van der Waals surface area (Å²) in [6, 6.07) is 19.7. The van der Waals surface area contributed by atoms with Crippen molar-refractivity contribution in [2.45, 2.75) is 12.3 Å². The first kappa shape index (κ1) is 24.5. The first-order valence-corrected chi connectivity index (χ1v) is 10.6. The van der Waals surface area contributed by atoms with Gasteiger partial charge in [0.1, 0.15) is 5.75 Å². The normalized spacial score (nSPS) is 12.3. The van der Waals surface area contributed by atoms with E-state index in [-0.39, 0.29) is 17.8 Å². The molecule has 0 saturated heterocycles. The van der Waals surface area contributed by atoms with E-state index in [1.807, 2.05) is 0 Å². The van der Waals surface area contributed by atoms with Crippen LogP contribution in [0.4, 0.5) is 0 Å². The number of hydrogen-bond donors (Lipinski definition) is 1. The first-order valence-electron chi connectivity index (χ1n) is 10.6. The second-order valence-electron chi connectivity index (χ2n) is 7.62. The molecule has 0 amide bonds. The summed E-state index contributed by atoms with van der Waals surface area (Å²) in [5, 5.41) is 10.1. The number of rotatable bonds is 11. The van der Waals surface area contributed by atoms with Crippen molar-refractivity contribution in [3.63, 3.8) is 0 Å². The van der Waals surface area contributed by atoms with Gasteiger partial charge in [-0.3, -0.25) is 14.4 Å². The lowest BCUT2D eigenvalue weighted by molar-refractivity contribution is -0.142. The van der Waals surface area contributed by atoms with E-state index < -0.39 is 23.6 Å². The summed E-state index contributed by atoms with van der Waals surface area (Å²) in [6.07, 6.45) is -0.338. The third-order valence-corrected chi connectivity index (χ3v) is 5.65. The second kappa shape index (κ2) is 11.1. The number of carboxylic acid groups (broad SMARTS) is 1. The molecule has 0 fully saturated rings. The summed E-state index contributed by atoms with van der Waals surface area (Å²) >= 11 is 0. The van der Waals surface area contributed by atoms with E-state index in [9.17, 15) is 19.5 Å². The van der Waals surface area contributed by atoms with Crippen LogP contribution in [0.25, 0.3) is 0 Å². The van der Waals surface area contributed by atoms with Crippen LogP contribution in [0.15, 0.2) is 72.8 Å². The van der Waals surface area contributed by atoms with Gasteiger partial charge >= 0.3 is 5.97 Å². The Morgan fingerprint density at radius 2 is 1.41 bits per heavy atom. The monoisotopic (exact) mass is 462 g/mol. The van der Waals surface area contributed by atoms with Crippen molar-refractivity contribution in [1.29, 1.82) is 0 Å². The summed E-state index contributed by atoms with van der Waals surface area (Å²) in [6.45, 7) is 0. The molecule has 0 bridgehead atoms. The van der Waals surface area contributed by atoms with Crippen molar-refractivity contribution in [2.24, 2.45) is 5.92 Å². The highest BCUT2D eigenvalue weighted by Crippen LogP contribution is 2.36. The Hall–Kier alpha value is -4.13. The van der Waals surface area contributed by atoms with Gasteiger partial charge in [-0.15, -0.1) is 0 Å². The molecule has 0 spiro atoms. The number of carboxylic acids is 1. The van der Waals surface area contributed by atoms with E-state index in [2.05, 4.69) is 0 Å². The van der Waals surface area contributed by atoms with Crippen molar-refractivity contribution in [3.8, 4) is 17.2 Å². The molecule has 0 aliphatic rings. The van der Waals surface area contributed by atoms with E-state index in [1.54, 1.807) is 66.7 Å². The van der Waals surface area contributed by atoms with Gasteiger partial charge in [0.05, 0.1) is 33.2 Å². The molecule has 0 heterocycles. The molecular weight excluding hydrogens is 436 g/mol. The lowest BCUT2D eigenvalue weighted by Crippen LogP contribution is -2.30. The molecule has 3 aromatic rings. The van der Waals surface area contributed by atoms with Crippen molar-refractivity contribution in [2.75, 3.05) is 21.3 Å². The van der Waals surface area contributed by atoms with Crippen LogP contribution < -0.4 is 14.2 Å². The van der Waals surface area contributed by atoms with Gasteiger partial charge in [0.25, 0.3) is 0 Å². The summed E-state index contributed by atoms with van der Waals surface area (Å²) in [5.41, 5.74) is 1.10. The van der Waals surface area contributed by atoms with E-state index in [1.165, 1.54) is 27.4 Å². The zero-order valence-electron chi connectivity index (χ0n) is 19.2. The highest BCUT2D eigenvalue weighted by Gasteiger charge is 2.37. The number of ether oxygens (including phenoxy) is 3. The Kier molecular flexibility index (Phi) is 8.03. The predicted octanol–water partition coefficient (Wildman–Crippen LogP) is 4.65. The van der Waals surface area contributed by atoms with E-state index in [0.717, 1.165) is 0 Å². The van der Waals surface area contributed by atoms with Gasteiger partial charge in [0.2, 0.25) is 0 Å². The fourth-order valence-corrected chi connectivity index (χ4v) is 3.84.